The highest BCUT2D eigenvalue weighted by Gasteiger charge is 2.34. The Morgan fingerprint density at radius 2 is 1.90 bits per heavy atom. The van der Waals surface area contributed by atoms with Crippen molar-refractivity contribution in [2.45, 2.75) is 57.5 Å². The van der Waals surface area contributed by atoms with E-state index in [1.807, 2.05) is 38.1 Å². The van der Waals surface area contributed by atoms with E-state index in [1.165, 1.54) is 36.3 Å². The molecule has 2 aromatic rings. The summed E-state index contributed by atoms with van der Waals surface area (Å²) in [6, 6.07) is 12.9. The zero-order valence-electron chi connectivity index (χ0n) is 24.5. The molecule has 2 N–H and O–H groups in total. The predicted octanol–water partition coefficient (Wildman–Crippen LogP) is 4.53. The first-order valence-electron chi connectivity index (χ1n) is 14.4. The molecule has 8 nitrogen and oxygen atoms in total. The molecule has 0 radical (unpaired) electrons. The van der Waals surface area contributed by atoms with Crippen molar-refractivity contribution in [1.29, 1.82) is 0 Å². The summed E-state index contributed by atoms with van der Waals surface area (Å²) in [5.41, 5.74) is 0.739. The van der Waals surface area contributed by atoms with Crippen LogP contribution < -0.4 is 0 Å². The van der Waals surface area contributed by atoms with Gasteiger partial charge >= 0.3 is 0 Å². The molecule has 0 aromatic heterocycles. The summed E-state index contributed by atoms with van der Waals surface area (Å²) in [6.45, 7) is 4.69. The number of rotatable bonds is 6. The van der Waals surface area contributed by atoms with Crippen LogP contribution in [0.15, 0.2) is 59.1 Å². The molecule has 1 aliphatic rings. The van der Waals surface area contributed by atoms with Gasteiger partial charge in [-0.25, -0.2) is 4.39 Å². The fourth-order valence-electron chi connectivity index (χ4n) is 5.07. The number of methoxy groups -OCH3 is 1. The summed E-state index contributed by atoms with van der Waals surface area (Å²) in [6.07, 6.45) is 1.55. The normalized spacial score (nSPS) is 23.2. The Balaban J connectivity index is 2.02. The van der Waals surface area contributed by atoms with Gasteiger partial charge in [0.2, 0.25) is 5.91 Å². The summed E-state index contributed by atoms with van der Waals surface area (Å²) < 4.78 is 26.8. The maximum absolute atomic E-state index is 14.8. The van der Waals surface area contributed by atoms with E-state index in [9.17, 15) is 24.2 Å². The van der Waals surface area contributed by atoms with Crippen molar-refractivity contribution in [3.63, 3.8) is 0 Å². The maximum Gasteiger partial charge on any atom is 0.256 e. The minimum atomic E-state index is -1.36. The van der Waals surface area contributed by atoms with Gasteiger partial charge in [0.1, 0.15) is 24.1 Å². The van der Waals surface area contributed by atoms with Crippen LogP contribution in [0.5, 0.6) is 0 Å². The molecule has 10 heteroatoms. The van der Waals surface area contributed by atoms with Crippen molar-refractivity contribution in [1.82, 2.24) is 9.80 Å². The second kappa shape index (κ2) is 16.9. The van der Waals surface area contributed by atoms with Crippen LogP contribution in [-0.2, 0) is 14.3 Å². The number of hydrogen-bond donors (Lipinski definition) is 2. The molecule has 2 aromatic carbocycles. The lowest BCUT2D eigenvalue weighted by Gasteiger charge is -2.38. The number of aliphatic hydroxyl groups excluding tert-OH is 2. The van der Waals surface area contributed by atoms with Gasteiger partial charge in [0.05, 0.1) is 12.2 Å². The number of nitrogens with zero attached hydrogens (tertiary/aromatic N) is 2. The van der Waals surface area contributed by atoms with Gasteiger partial charge in [-0.15, -0.1) is 0 Å². The zero-order chi connectivity index (χ0) is 30.6. The molecule has 1 saturated heterocycles. The third kappa shape index (κ3) is 9.98. The standard InChI is InChI=1S/C32H42BrFN2O6/c1-22(2)17-25-19-35(32(40)26-11-4-5-12-27(26)34)20-29(41-3)31(39)28(37)21-42-16-7-6-15-36(25)30(38)14-13-23-9-8-10-24(33)18-23/h4-5,8-14,18,22,25,28-29,31,37,39H,6-7,15-17,19-21H2,1-3H3/b14-13+/t25-,28-,29-,31-/m1/s1. The summed E-state index contributed by atoms with van der Waals surface area (Å²) in [5, 5.41) is 21.4. The number of carbonyl (C=O) groups excluding carboxylic acids is 2. The first-order valence-corrected chi connectivity index (χ1v) is 15.1. The number of amides is 2. The second-order valence-electron chi connectivity index (χ2n) is 11.0. The molecule has 0 spiro atoms. The Hall–Kier alpha value is -2.63. The third-order valence-electron chi connectivity index (χ3n) is 7.26. The van der Waals surface area contributed by atoms with Crippen LogP contribution >= 0.6 is 15.9 Å². The van der Waals surface area contributed by atoms with E-state index in [0.29, 0.717) is 32.4 Å². The smallest absolute Gasteiger partial charge is 0.256 e. The van der Waals surface area contributed by atoms with Gasteiger partial charge in [0.15, 0.2) is 0 Å². The molecule has 3 rings (SSSR count). The number of halogens is 2. The van der Waals surface area contributed by atoms with Gasteiger partial charge in [-0.3, -0.25) is 9.59 Å². The topological polar surface area (TPSA) is 99.5 Å². The SMILES string of the molecule is CO[C@@H]1CN(C(=O)c2ccccc2F)C[C@@H](CC(C)C)N(C(=O)/C=C/c2cccc(Br)c2)CCCCOC[C@@H](O)[C@H]1O. The molecule has 42 heavy (non-hydrogen) atoms. The fourth-order valence-corrected chi connectivity index (χ4v) is 5.48. The van der Waals surface area contributed by atoms with Crippen LogP contribution in [0, 0.1) is 11.7 Å². The lowest BCUT2D eigenvalue weighted by molar-refractivity contribution is -0.130. The molecule has 1 heterocycles. The molecule has 0 unspecified atom stereocenters. The highest BCUT2D eigenvalue weighted by molar-refractivity contribution is 9.10. The summed E-state index contributed by atoms with van der Waals surface area (Å²) >= 11 is 3.46. The van der Waals surface area contributed by atoms with Crippen LogP contribution in [0.3, 0.4) is 0 Å². The molecule has 0 saturated carbocycles. The molecule has 2 amide bonds. The lowest BCUT2D eigenvalue weighted by Crippen LogP contribution is -2.53. The second-order valence-corrected chi connectivity index (χ2v) is 11.9. The quantitative estimate of drug-likeness (QED) is 0.447. The number of carbonyl (C=O) groups is 2. The molecule has 0 bridgehead atoms. The van der Waals surface area contributed by atoms with Gasteiger partial charge in [-0.1, -0.05) is 54.0 Å². The number of ether oxygens (including phenoxy) is 2. The van der Waals surface area contributed by atoms with Gasteiger partial charge in [-0.2, -0.15) is 0 Å². The van der Waals surface area contributed by atoms with Gasteiger partial charge < -0.3 is 29.5 Å². The van der Waals surface area contributed by atoms with E-state index in [-0.39, 0.29) is 37.1 Å². The number of benzene rings is 2. The maximum atomic E-state index is 14.8. The van der Waals surface area contributed by atoms with Crippen molar-refractivity contribution >= 4 is 33.8 Å². The molecule has 1 fully saturated rings. The minimum Gasteiger partial charge on any atom is -0.388 e. The summed E-state index contributed by atoms with van der Waals surface area (Å²) in [4.78, 5) is 30.7. The van der Waals surface area contributed by atoms with Crippen molar-refractivity contribution in [3.8, 4) is 0 Å². The average molecular weight is 650 g/mol. The summed E-state index contributed by atoms with van der Waals surface area (Å²) in [5.74, 6) is -1.29. The Labute approximate surface area is 256 Å². The van der Waals surface area contributed by atoms with Crippen molar-refractivity contribution in [2.75, 3.05) is 40.0 Å². The Bertz CT molecular complexity index is 1200. The van der Waals surface area contributed by atoms with Crippen molar-refractivity contribution in [2.24, 2.45) is 5.92 Å². The van der Waals surface area contributed by atoms with Gasteiger partial charge in [0, 0.05) is 49.9 Å². The highest BCUT2D eigenvalue weighted by atomic mass is 79.9. The Kier molecular flexibility index (Phi) is 13.6. The first-order chi connectivity index (χ1) is 20.1. The largest absolute Gasteiger partial charge is 0.388 e. The first kappa shape index (κ1) is 33.9. The summed E-state index contributed by atoms with van der Waals surface area (Å²) in [7, 11) is 1.38. The van der Waals surface area contributed by atoms with Crippen molar-refractivity contribution < 1.29 is 33.7 Å². The van der Waals surface area contributed by atoms with Crippen LogP contribution in [0.1, 0.15) is 49.0 Å². The number of aliphatic hydroxyl groups is 2. The highest BCUT2D eigenvalue weighted by Crippen LogP contribution is 2.21. The monoisotopic (exact) mass is 648 g/mol. The van der Waals surface area contributed by atoms with E-state index in [0.717, 1.165) is 10.0 Å². The van der Waals surface area contributed by atoms with Crippen LogP contribution in [0.2, 0.25) is 0 Å². The zero-order valence-corrected chi connectivity index (χ0v) is 26.1. The minimum absolute atomic E-state index is 0.0843. The molecule has 0 aliphatic carbocycles. The fraction of sp³-hybridized carbons (Fsp3) is 0.500. The van der Waals surface area contributed by atoms with E-state index < -0.39 is 36.1 Å². The van der Waals surface area contributed by atoms with Gasteiger partial charge in [0.25, 0.3) is 5.91 Å². The lowest BCUT2D eigenvalue weighted by atomic mass is 9.99. The van der Waals surface area contributed by atoms with Crippen molar-refractivity contribution in [3.05, 3.63) is 76.0 Å². The van der Waals surface area contributed by atoms with E-state index >= 15 is 0 Å². The van der Waals surface area contributed by atoms with Crippen LogP contribution in [-0.4, -0.2) is 96.1 Å². The molecule has 230 valence electrons. The molecular formula is C32H42BrFN2O6. The van der Waals surface area contributed by atoms with Crippen LogP contribution in [0.4, 0.5) is 4.39 Å². The number of hydrogen-bond acceptors (Lipinski definition) is 6. The Morgan fingerprint density at radius 3 is 2.60 bits per heavy atom. The van der Waals surface area contributed by atoms with E-state index in [1.54, 1.807) is 17.0 Å². The molecule has 4 atom stereocenters. The van der Waals surface area contributed by atoms with Crippen LogP contribution in [0.25, 0.3) is 6.08 Å². The van der Waals surface area contributed by atoms with E-state index in [2.05, 4.69) is 15.9 Å². The van der Waals surface area contributed by atoms with Gasteiger partial charge in [-0.05, 0) is 61.1 Å². The molecular weight excluding hydrogens is 607 g/mol. The van der Waals surface area contributed by atoms with E-state index in [4.69, 9.17) is 9.47 Å². The predicted molar refractivity (Wildman–Crippen MR) is 163 cm³/mol. The average Bonchev–Trinajstić information content (AvgIpc) is 2.96. The molecule has 1 aliphatic heterocycles. The Morgan fingerprint density at radius 1 is 1.14 bits per heavy atom. The third-order valence-corrected chi connectivity index (χ3v) is 7.75.